The first-order valence-electron chi connectivity index (χ1n) is 9.24. The fraction of sp³-hybridized carbons (Fsp3) is 0.368. The Hall–Kier alpha value is -3.16. The highest BCUT2D eigenvalue weighted by atomic mass is 16.2. The molecule has 1 amide bonds. The van der Waals surface area contributed by atoms with Gasteiger partial charge in [-0.25, -0.2) is 9.97 Å². The summed E-state index contributed by atoms with van der Waals surface area (Å²) in [6.45, 7) is 1.87. The Morgan fingerprint density at radius 1 is 1.15 bits per heavy atom. The average Bonchev–Trinajstić information content (AvgIpc) is 3.24. The Morgan fingerprint density at radius 3 is 2.78 bits per heavy atom. The number of amides is 1. The number of aromatic amines is 1. The fourth-order valence-electron chi connectivity index (χ4n) is 4.43. The van der Waals surface area contributed by atoms with E-state index in [0.717, 1.165) is 37.7 Å². The van der Waals surface area contributed by atoms with Crippen molar-refractivity contribution in [3.05, 3.63) is 46.3 Å². The van der Waals surface area contributed by atoms with Crippen molar-refractivity contribution in [1.82, 2.24) is 24.8 Å². The highest BCUT2D eigenvalue weighted by Gasteiger charge is 2.45. The molecule has 0 bridgehead atoms. The molecule has 1 aliphatic heterocycles. The van der Waals surface area contributed by atoms with Gasteiger partial charge in [0.25, 0.3) is 11.5 Å². The van der Waals surface area contributed by atoms with Crippen LogP contribution in [0.4, 0.5) is 11.4 Å². The molecule has 1 spiro atoms. The molecule has 1 saturated carbocycles. The molecule has 0 unspecified atom stereocenters. The molecule has 8 heteroatoms. The summed E-state index contributed by atoms with van der Waals surface area (Å²) in [7, 11) is 0. The van der Waals surface area contributed by atoms with Crippen molar-refractivity contribution in [2.75, 3.05) is 5.32 Å². The van der Waals surface area contributed by atoms with Crippen molar-refractivity contribution in [2.24, 2.45) is 0 Å². The minimum absolute atomic E-state index is 0.156. The molecule has 0 saturated heterocycles. The number of nitrogens with one attached hydrogen (secondary N) is 3. The average molecular weight is 364 g/mol. The Bertz CT molecular complexity index is 1120. The van der Waals surface area contributed by atoms with Crippen molar-refractivity contribution >= 4 is 28.4 Å². The topological polar surface area (TPSA) is 105 Å². The molecule has 0 aromatic carbocycles. The number of aryl methyl sites for hydroxylation is 1. The Labute approximate surface area is 155 Å². The van der Waals surface area contributed by atoms with Crippen LogP contribution in [0, 0.1) is 6.92 Å². The largest absolute Gasteiger partial charge is 0.349 e. The summed E-state index contributed by atoms with van der Waals surface area (Å²) in [4.78, 5) is 37.5. The van der Waals surface area contributed by atoms with Gasteiger partial charge in [0.2, 0.25) is 0 Å². The van der Waals surface area contributed by atoms with Gasteiger partial charge in [-0.1, -0.05) is 6.42 Å². The van der Waals surface area contributed by atoms with Gasteiger partial charge in [0, 0.05) is 6.20 Å². The maximum atomic E-state index is 13.4. The van der Waals surface area contributed by atoms with E-state index in [-0.39, 0.29) is 11.5 Å². The molecule has 3 aromatic rings. The molecule has 138 valence electrons. The molecule has 0 atom stereocenters. The highest BCUT2D eigenvalue weighted by molar-refractivity contribution is 5.97. The monoisotopic (exact) mass is 364 g/mol. The van der Waals surface area contributed by atoms with Crippen molar-refractivity contribution < 1.29 is 4.79 Å². The van der Waals surface area contributed by atoms with Crippen molar-refractivity contribution in [3.63, 3.8) is 0 Å². The van der Waals surface area contributed by atoms with Crippen LogP contribution in [0.2, 0.25) is 0 Å². The maximum Gasteiger partial charge on any atom is 0.276 e. The van der Waals surface area contributed by atoms with Crippen LogP contribution in [0.1, 0.15) is 48.2 Å². The van der Waals surface area contributed by atoms with Gasteiger partial charge in [-0.15, -0.1) is 0 Å². The number of imidazole rings is 1. The van der Waals surface area contributed by atoms with E-state index in [9.17, 15) is 9.59 Å². The van der Waals surface area contributed by atoms with Crippen LogP contribution in [0.3, 0.4) is 0 Å². The van der Waals surface area contributed by atoms with Crippen LogP contribution in [0.5, 0.6) is 0 Å². The number of pyridine rings is 2. The number of aromatic nitrogens is 4. The lowest BCUT2D eigenvalue weighted by Crippen LogP contribution is -2.48. The Morgan fingerprint density at radius 2 is 1.96 bits per heavy atom. The van der Waals surface area contributed by atoms with E-state index in [4.69, 9.17) is 0 Å². The van der Waals surface area contributed by atoms with Gasteiger partial charge in [0.05, 0.1) is 12.0 Å². The van der Waals surface area contributed by atoms with E-state index >= 15 is 0 Å². The van der Waals surface area contributed by atoms with Gasteiger partial charge in [0.1, 0.15) is 22.6 Å². The first-order chi connectivity index (χ1) is 13.1. The number of carbonyl (C=O) groups is 1. The third-order valence-electron chi connectivity index (χ3n) is 5.65. The summed E-state index contributed by atoms with van der Waals surface area (Å²) in [5, 5.41) is 6.32. The van der Waals surface area contributed by atoms with E-state index in [0.29, 0.717) is 28.2 Å². The molecule has 2 aliphatic rings. The minimum Gasteiger partial charge on any atom is -0.349 e. The number of carbonyl (C=O) groups excluding carboxylic acids is 1. The number of anilines is 2. The van der Waals surface area contributed by atoms with Crippen molar-refractivity contribution in [1.29, 1.82) is 0 Å². The summed E-state index contributed by atoms with van der Waals surface area (Å²) in [6, 6.07) is 3.53. The zero-order valence-corrected chi connectivity index (χ0v) is 15.0. The molecular formula is C19H20N6O2. The third-order valence-corrected chi connectivity index (χ3v) is 5.65. The molecule has 3 N–H and O–H groups in total. The zero-order valence-electron chi connectivity index (χ0n) is 15.0. The summed E-state index contributed by atoms with van der Waals surface area (Å²) < 4.78 is 1.69. The predicted molar refractivity (Wildman–Crippen MR) is 101 cm³/mol. The van der Waals surface area contributed by atoms with Crippen LogP contribution < -0.4 is 16.2 Å². The number of hydrogen-bond donors (Lipinski definition) is 3. The molecule has 4 heterocycles. The Kier molecular flexibility index (Phi) is 3.37. The van der Waals surface area contributed by atoms with Gasteiger partial charge in [-0.2, -0.15) is 0 Å². The van der Waals surface area contributed by atoms with Crippen LogP contribution >= 0.6 is 0 Å². The summed E-state index contributed by atoms with van der Waals surface area (Å²) in [6.07, 6.45) is 7.94. The molecule has 1 fully saturated rings. The van der Waals surface area contributed by atoms with Gasteiger partial charge in [-0.3, -0.25) is 14.2 Å². The van der Waals surface area contributed by atoms with Gasteiger partial charge >= 0.3 is 0 Å². The summed E-state index contributed by atoms with van der Waals surface area (Å²) in [5.74, 6) is -0.156. The second-order valence-electron chi connectivity index (χ2n) is 7.36. The molecule has 27 heavy (non-hydrogen) atoms. The molecule has 1 aliphatic carbocycles. The third kappa shape index (κ3) is 2.29. The van der Waals surface area contributed by atoms with Gasteiger partial charge in [0.15, 0.2) is 5.65 Å². The molecule has 8 nitrogen and oxygen atoms in total. The van der Waals surface area contributed by atoms with E-state index < -0.39 is 5.66 Å². The Balaban J connectivity index is 1.67. The number of hydrogen-bond acceptors (Lipinski definition) is 5. The van der Waals surface area contributed by atoms with E-state index in [1.54, 1.807) is 29.2 Å². The summed E-state index contributed by atoms with van der Waals surface area (Å²) >= 11 is 0. The van der Waals surface area contributed by atoms with Crippen molar-refractivity contribution in [3.8, 4) is 0 Å². The summed E-state index contributed by atoms with van der Waals surface area (Å²) in [5.41, 5.74) is 2.94. The van der Waals surface area contributed by atoms with Crippen molar-refractivity contribution in [2.45, 2.75) is 44.7 Å². The van der Waals surface area contributed by atoms with E-state index in [2.05, 4.69) is 25.6 Å². The zero-order chi connectivity index (χ0) is 18.6. The lowest BCUT2D eigenvalue weighted by atomic mass is 9.89. The molecule has 3 aromatic heterocycles. The van der Waals surface area contributed by atoms with Crippen LogP contribution in [-0.2, 0) is 5.66 Å². The number of rotatable bonds is 2. The first-order valence-corrected chi connectivity index (χ1v) is 9.24. The maximum absolute atomic E-state index is 13.4. The number of fused-ring (bicyclic) bond motifs is 3. The van der Waals surface area contributed by atoms with Gasteiger partial charge in [-0.05, 0) is 50.3 Å². The molecule has 0 radical (unpaired) electrons. The second kappa shape index (κ2) is 5.67. The lowest BCUT2D eigenvalue weighted by Gasteiger charge is -2.35. The standard InChI is InChI=1S/C19H20N6O2/c1-11-9-13(23-12-5-8-20-16-14(12)21-10-22-16)18(27)25-15(11)17(26)24-19(25)6-3-2-4-7-19/h5,8-10H,2-4,6-7H2,1H3,(H,24,26)(H2,20,21,22,23). The SMILES string of the molecule is Cc1cc(Nc2ccnc3[nH]cnc23)c(=O)n2c1C(=O)NC21CCCCC1. The molecule has 5 rings (SSSR count). The van der Waals surface area contributed by atoms with Crippen LogP contribution in [0.15, 0.2) is 29.5 Å². The predicted octanol–water partition coefficient (Wildman–Crippen LogP) is 2.53. The fourth-order valence-corrected chi connectivity index (χ4v) is 4.43. The normalized spacial score (nSPS) is 17.9. The number of nitrogens with zero attached hydrogens (tertiary/aromatic N) is 3. The quantitative estimate of drug-likeness (QED) is 0.648. The highest BCUT2D eigenvalue weighted by Crippen LogP contribution is 2.37. The lowest BCUT2D eigenvalue weighted by molar-refractivity contribution is 0.0876. The van der Waals surface area contributed by atoms with Crippen LogP contribution in [-0.4, -0.2) is 25.4 Å². The molecular weight excluding hydrogens is 344 g/mol. The number of H-pyrrole nitrogens is 1. The second-order valence-corrected chi connectivity index (χ2v) is 7.36. The van der Waals surface area contributed by atoms with Crippen LogP contribution in [0.25, 0.3) is 11.2 Å². The van der Waals surface area contributed by atoms with Gasteiger partial charge < -0.3 is 15.6 Å². The first kappa shape index (κ1) is 16.0. The minimum atomic E-state index is -0.593. The smallest absolute Gasteiger partial charge is 0.276 e. The van der Waals surface area contributed by atoms with E-state index in [1.165, 1.54) is 0 Å². The van der Waals surface area contributed by atoms with E-state index in [1.807, 2.05) is 6.92 Å².